The van der Waals surface area contributed by atoms with Crippen LogP contribution >= 0.6 is 0 Å². The fourth-order valence-corrected chi connectivity index (χ4v) is 2.78. The van der Waals surface area contributed by atoms with E-state index in [9.17, 15) is 24.0 Å². The summed E-state index contributed by atoms with van der Waals surface area (Å²) in [6.07, 6.45) is 3.04. The van der Waals surface area contributed by atoms with Gasteiger partial charge in [-0.2, -0.15) is 0 Å². The van der Waals surface area contributed by atoms with Crippen LogP contribution in [0.4, 0.5) is 0 Å². The van der Waals surface area contributed by atoms with Gasteiger partial charge in [0, 0.05) is 24.6 Å². The zero-order chi connectivity index (χ0) is 29.0. The van der Waals surface area contributed by atoms with Crippen LogP contribution in [0, 0.1) is 7.43 Å². The average molecular weight is 595 g/mol. The molecule has 2 radical (unpaired) electrons. The number of esters is 5. The number of carbonyl (C=O) groups excluding carboxylic acids is 5. The fraction of sp³-hybridized carbons (Fsp3) is 0.161. The third-order valence-electron chi connectivity index (χ3n) is 4.36. The molecular formula is C31H33BO8V-. The van der Waals surface area contributed by atoms with Gasteiger partial charge in [-0.05, 0) is 38.1 Å². The first-order valence-corrected chi connectivity index (χ1v) is 12.0. The molecule has 0 unspecified atom stereocenters. The fourth-order valence-electron chi connectivity index (χ4n) is 2.78. The molecule has 8 nitrogen and oxygen atoms in total. The Morgan fingerprint density at radius 2 is 0.951 bits per heavy atom. The molecule has 0 aliphatic carbocycles. The summed E-state index contributed by atoms with van der Waals surface area (Å²) in [6, 6.07) is 25.1. The summed E-state index contributed by atoms with van der Waals surface area (Å²) in [4.78, 5) is 53.7. The van der Waals surface area contributed by atoms with Gasteiger partial charge < -0.3 is 21.6 Å². The number of cyclic esters (lactones) is 4. The Balaban J connectivity index is 0. The maximum Gasteiger partial charge on any atom is 0.346 e. The van der Waals surface area contributed by atoms with Crippen LogP contribution in [0.5, 0.6) is 0 Å². The summed E-state index contributed by atoms with van der Waals surface area (Å²) in [5, 5.41) is 0. The van der Waals surface area contributed by atoms with Crippen LogP contribution in [0.15, 0.2) is 97.1 Å². The molecule has 0 atom stereocenters. The second-order valence-electron chi connectivity index (χ2n) is 7.43. The van der Waals surface area contributed by atoms with Crippen LogP contribution in [0.1, 0.15) is 55.3 Å². The number of rotatable bonds is 2. The third-order valence-corrected chi connectivity index (χ3v) is 4.36. The molecule has 2 heterocycles. The Labute approximate surface area is 254 Å². The molecule has 5 rings (SSSR count). The Morgan fingerprint density at radius 1 is 0.683 bits per heavy atom. The van der Waals surface area contributed by atoms with E-state index in [1.807, 2.05) is 57.3 Å². The largest absolute Gasteiger partial charge is 0.463 e. The van der Waals surface area contributed by atoms with Crippen molar-refractivity contribution in [2.24, 2.45) is 0 Å². The van der Waals surface area contributed by atoms with E-state index in [-0.39, 0.29) is 32.0 Å². The van der Waals surface area contributed by atoms with E-state index in [2.05, 4.69) is 14.2 Å². The minimum atomic E-state index is -0.550. The number of hydrogen-bond acceptors (Lipinski definition) is 8. The van der Waals surface area contributed by atoms with Gasteiger partial charge in [0.15, 0.2) is 0 Å². The van der Waals surface area contributed by atoms with Crippen molar-refractivity contribution in [2.75, 3.05) is 6.61 Å². The Morgan fingerprint density at radius 3 is 1.17 bits per heavy atom. The van der Waals surface area contributed by atoms with E-state index in [0.29, 0.717) is 28.9 Å². The molecule has 214 valence electrons. The number of benzene rings is 3. The first kappa shape index (κ1) is 38.9. The van der Waals surface area contributed by atoms with Crippen molar-refractivity contribution in [1.29, 1.82) is 0 Å². The molecule has 0 spiro atoms. The average Bonchev–Trinajstić information content (AvgIpc) is 3.41. The quantitative estimate of drug-likeness (QED) is 0.0881. The number of carbonyl (C=O) groups is 5. The van der Waals surface area contributed by atoms with Crippen LogP contribution < -0.4 is 0 Å². The van der Waals surface area contributed by atoms with E-state index >= 15 is 0 Å². The molecule has 0 saturated heterocycles. The van der Waals surface area contributed by atoms with Crippen molar-refractivity contribution in [2.45, 2.75) is 27.5 Å². The van der Waals surface area contributed by atoms with Gasteiger partial charge >= 0.3 is 29.8 Å². The summed E-state index contributed by atoms with van der Waals surface area (Å²) in [5.41, 5.74) is 1.44. The monoisotopic (exact) mass is 595 g/mol. The van der Waals surface area contributed by atoms with Crippen molar-refractivity contribution in [3.8, 4) is 0 Å². The van der Waals surface area contributed by atoms with Gasteiger partial charge in [-0.15, -0.1) is 0 Å². The normalized spacial score (nSPS) is 11.2. The predicted molar refractivity (Wildman–Crippen MR) is 154 cm³/mol. The zero-order valence-electron chi connectivity index (χ0n) is 23.7. The molecule has 10 heteroatoms. The number of ether oxygens (including phenoxy) is 3. The maximum absolute atomic E-state index is 10.8. The Hall–Kier alpha value is -4.20. The minimum Gasteiger partial charge on any atom is -0.463 e. The van der Waals surface area contributed by atoms with Gasteiger partial charge in [0.1, 0.15) is 7.28 Å². The minimum absolute atomic E-state index is 0. The van der Waals surface area contributed by atoms with Crippen molar-refractivity contribution >= 4 is 37.1 Å². The molecule has 0 fully saturated rings. The van der Waals surface area contributed by atoms with Crippen molar-refractivity contribution in [3.63, 3.8) is 0 Å². The first-order chi connectivity index (χ1) is 18.8. The van der Waals surface area contributed by atoms with E-state index in [1.54, 1.807) is 68.5 Å². The molecule has 0 aromatic heterocycles. The summed E-state index contributed by atoms with van der Waals surface area (Å²) in [6.45, 7) is 8.00. The van der Waals surface area contributed by atoms with E-state index in [1.165, 1.54) is 6.08 Å². The molecule has 0 N–H and O–H groups in total. The van der Waals surface area contributed by atoms with Gasteiger partial charge in [0.2, 0.25) is 0 Å². The molecule has 0 saturated carbocycles. The molecule has 3 aromatic carbocycles. The van der Waals surface area contributed by atoms with Gasteiger partial charge in [-0.3, -0.25) is 0 Å². The summed E-state index contributed by atoms with van der Waals surface area (Å²) in [7, 11) is 2.00. The number of hydrogen-bond donors (Lipinski definition) is 0. The summed E-state index contributed by atoms with van der Waals surface area (Å²) >= 11 is 0. The van der Waals surface area contributed by atoms with Crippen LogP contribution in [-0.2, 0) is 37.6 Å². The van der Waals surface area contributed by atoms with E-state index in [4.69, 9.17) is 0 Å². The predicted octanol–water partition coefficient (Wildman–Crippen LogP) is 6.04. The number of fused-ring (bicyclic) bond motifs is 2. The molecule has 2 aliphatic heterocycles. The second-order valence-corrected chi connectivity index (χ2v) is 7.43. The maximum atomic E-state index is 10.8. The van der Waals surface area contributed by atoms with E-state index < -0.39 is 23.9 Å². The van der Waals surface area contributed by atoms with Gasteiger partial charge in [-0.1, -0.05) is 80.4 Å². The van der Waals surface area contributed by atoms with Crippen LogP contribution in [0.25, 0.3) is 0 Å². The van der Waals surface area contributed by atoms with Gasteiger partial charge in [0.25, 0.3) is 0 Å². The van der Waals surface area contributed by atoms with Crippen molar-refractivity contribution in [1.82, 2.24) is 0 Å². The smallest absolute Gasteiger partial charge is 0.346 e. The zero-order valence-corrected chi connectivity index (χ0v) is 25.1. The standard InChI is InChI=1S/2C8H4O3.C6H10O2.C6H6.C2H6B.CH3.V/c2*9-7-5-3-1-2-4-6(5)8(10)11-7;1-3-5-6(7)8-4-2;1-2-4-6-5-3-1;1-3-2;;/h2*1-4H;3,5H,4H2,1-2H3;1-6H;1-2H3;1H3;/q;;;;;-1;. The van der Waals surface area contributed by atoms with Crippen molar-refractivity contribution < 1.29 is 56.7 Å². The van der Waals surface area contributed by atoms with Gasteiger partial charge in [-0.25, -0.2) is 24.0 Å². The second kappa shape index (κ2) is 22.6. The molecule has 41 heavy (non-hydrogen) atoms. The third kappa shape index (κ3) is 14.1. The molecule has 0 bridgehead atoms. The number of allylic oxidation sites excluding steroid dienone is 1. The SMILES string of the molecule is CC=CC(=O)OCC.C[B]C.O=C1OC(=O)c2ccccc21.O=C1OC(=O)c2ccccc21.[CH3-].[V].c1ccccc1. The van der Waals surface area contributed by atoms with E-state index in [0.717, 1.165) is 0 Å². The topological polar surface area (TPSA) is 113 Å². The first-order valence-electron chi connectivity index (χ1n) is 12.0. The van der Waals surface area contributed by atoms with Gasteiger partial charge in [0.05, 0.1) is 28.9 Å². The molecular weight excluding hydrogens is 562 g/mol. The van der Waals surface area contributed by atoms with Crippen molar-refractivity contribution in [3.05, 3.63) is 127 Å². The van der Waals surface area contributed by atoms with Crippen LogP contribution in [-0.4, -0.2) is 43.7 Å². The van der Waals surface area contributed by atoms with Crippen LogP contribution in [0.2, 0.25) is 13.6 Å². The molecule has 0 amide bonds. The molecule has 3 aromatic rings. The molecule has 2 aliphatic rings. The summed E-state index contributed by atoms with van der Waals surface area (Å²) < 4.78 is 13.3. The summed E-state index contributed by atoms with van der Waals surface area (Å²) in [5.74, 6) is -2.47. The Bertz CT molecular complexity index is 1110. The Kier molecular flexibility index (Phi) is 21.5. The van der Waals surface area contributed by atoms with Crippen LogP contribution in [0.3, 0.4) is 0 Å².